The fourth-order valence-electron chi connectivity index (χ4n) is 4.04. The quantitative estimate of drug-likeness (QED) is 0.562. The molecule has 0 amide bonds. The Morgan fingerprint density at radius 1 is 1.08 bits per heavy atom. The van der Waals surface area contributed by atoms with E-state index in [4.69, 9.17) is 5.73 Å². The zero-order chi connectivity index (χ0) is 8.34. The highest BCUT2D eigenvalue weighted by molar-refractivity contribution is 5.08. The summed E-state index contributed by atoms with van der Waals surface area (Å²) in [6.45, 7) is 0. The maximum Gasteiger partial charge on any atom is 0.0805 e. The first kappa shape index (κ1) is 7.34. The van der Waals surface area contributed by atoms with Crippen LogP contribution in [0, 0.1) is 17.8 Å². The third-order valence-corrected chi connectivity index (χ3v) is 4.35. The molecular weight excluding hydrogens is 150 g/mol. The molecule has 4 rings (SSSR count). The summed E-state index contributed by atoms with van der Waals surface area (Å²) >= 11 is 0. The van der Waals surface area contributed by atoms with Gasteiger partial charge in [-0.05, 0) is 49.9 Å². The predicted octanol–water partition coefficient (Wildman–Crippen LogP) is 0.885. The smallest absolute Gasteiger partial charge is 0.0805 e. The van der Waals surface area contributed by atoms with Crippen molar-refractivity contribution < 1.29 is 5.11 Å². The fourth-order valence-corrected chi connectivity index (χ4v) is 4.04. The van der Waals surface area contributed by atoms with Gasteiger partial charge in [-0.3, -0.25) is 0 Å². The molecule has 4 aliphatic carbocycles. The van der Waals surface area contributed by atoms with Crippen LogP contribution in [0.25, 0.3) is 0 Å². The minimum absolute atomic E-state index is 0.0882. The standard InChI is InChI=1S/C10H17NO/c11-9-8-2-6-1-7(3-8)5-10(9,12)4-6/h6-9,12H,1-5,11H2/t6-,7?,8?,9?,10?/m0/s1. The summed E-state index contributed by atoms with van der Waals surface area (Å²) in [5.74, 6) is 2.24. The molecule has 0 heterocycles. The van der Waals surface area contributed by atoms with Crippen molar-refractivity contribution in [2.75, 3.05) is 0 Å². The van der Waals surface area contributed by atoms with E-state index < -0.39 is 5.60 Å². The summed E-state index contributed by atoms with van der Waals surface area (Å²) in [5, 5.41) is 10.2. The van der Waals surface area contributed by atoms with Crippen LogP contribution in [0.15, 0.2) is 0 Å². The maximum absolute atomic E-state index is 10.2. The maximum atomic E-state index is 10.2. The summed E-state index contributed by atoms with van der Waals surface area (Å²) in [6, 6.07) is 0.0882. The monoisotopic (exact) mass is 167 g/mol. The third-order valence-electron chi connectivity index (χ3n) is 4.35. The Hall–Kier alpha value is -0.0800. The van der Waals surface area contributed by atoms with Gasteiger partial charge in [0.05, 0.1) is 5.60 Å². The van der Waals surface area contributed by atoms with Crippen molar-refractivity contribution in [1.29, 1.82) is 0 Å². The summed E-state index contributed by atoms with van der Waals surface area (Å²) in [6.07, 6.45) is 5.92. The molecule has 68 valence electrons. The first-order chi connectivity index (χ1) is 5.67. The van der Waals surface area contributed by atoms with E-state index in [2.05, 4.69) is 0 Å². The molecule has 4 aliphatic rings. The number of hydrogen-bond acceptors (Lipinski definition) is 2. The Labute approximate surface area is 73.1 Å². The Morgan fingerprint density at radius 2 is 1.67 bits per heavy atom. The normalized spacial score (nSPS) is 62.5. The van der Waals surface area contributed by atoms with Gasteiger partial charge in [0, 0.05) is 6.04 Å². The molecule has 0 aliphatic heterocycles. The summed E-state index contributed by atoms with van der Waals surface area (Å²) in [7, 11) is 0. The van der Waals surface area contributed by atoms with E-state index in [1.54, 1.807) is 0 Å². The second-order valence-corrected chi connectivity index (χ2v) is 5.24. The van der Waals surface area contributed by atoms with E-state index in [9.17, 15) is 5.11 Å². The first-order valence-electron chi connectivity index (χ1n) is 5.15. The van der Waals surface area contributed by atoms with Gasteiger partial charge in [0.2, 0.25) is 0 Å². The van der Waals surface area contributed by atoms with E-state index in [1.165, 1.54) is 19.3 Å². The molecule has 4 saturated carbocycles. The molecule has 0 aromatic rings. The Kier molecular flexibility index (Phi) is 1.25. The van der Waals surface area contributed by atoms with Gasteiger partial charge >= 0.3 is 0 Å². The van der Waals surface area contributed by atoms with Gasteiger partial charge < -0.3 is 10.8 Å². The minimum Gasteiger partial charge on any atom is -0.388 e. The SMILES string of the molecule is NC1C2CC3C[C@@H](C2)CC1(O)C3. The van der Waals surface area contributed by atoms with E-state index >= 15 is 0 Å². The highest BCUT2D eigenvalue weighted by atomic mass is 16.3. The van der Waals surface area contributed by atoms with Crippen LogP contribution in [0.4, 0.5) is 0 Å². The number of hydrogen-bond donors (Lipinski definition) is 2. The van der Waals surface area contributed by atoms with Gasteiger partial charge in [-0.2, -0.15) is 0 Å². The van der Waals surface area contributed by atoms with Crippen molar-refractivity contribution in [2.45, 2.75) is 43.7 Å². The molecular formula is C10H17NO. The van der Waals surface area contributed by atoms with E-state index in [1.807, 2.05) is 0 Å². The average Bonchev–Trinajstić information content (AvgIpc) is 1.98. The predicted molar refractivity (Wildman–Crippen MR) is 46.5 cm³/mol. The van der Waals surface area contributed by atoms with Crippen LogP contribution < -0.4 is 5.73 Å². The molecule has 2 nitrogen and oxygen atoms in total. The highest BCUT2D eigenvalue weighted by Crippen LogP contribution is 2.54. The largest absolute Gasteiger partial charge is 0.388 e. The van der Waals surface area contributed by atoms with Crippen LogP contribution >= 0.6 is 0 Å². The van der Waals surface area contributed by atoms with E-state index in [0.29, 0.717) is 5.92 Å². The number of aliphatic hydroxyl groups is 1. The van der Waals surface area contributed by atoms with Gasteiger partial charge in [-0.15, -0.1) is 0 Å². The van der Waals surface area contributed by atoms with Crippen molar-refractivity contribution in [1.82, 2.24) is 0 Å². The molecule has 0 radical (unpaired) electrons. The van der Waals surface area contributed by atoms with Crippen LogP contribution in [-0.4, -0.2) is 16.7 Å². The van der Waals surface area contributed by atoms with Crippen molar-refractivity contribution in [3.05, 3.63) is 0 Å². The summed E-state index contributed by atoms with van der Waals surface area (Å²) in [5.41, 5.74) is 5.59. The molecule has 0 aromatic heterocycles. The number of rotatable bonds is 0. The van der Waals surface area contributed by atoms with Crippen LogP contribution in [0.2, 0.25) is 0 Å². The second kappa shape index (κ2) is 2.05. The molecule has 0 aromatic carbocycles. The van der Waals surface area contributed by atoms with Crippen LogP contribution in [0.5, 0.6) is 0 Å². The molecule has 0 saturated heterocycles. The molecule has 12 heavy (non-hydrogen) atoms. The first-order valence-corrected chi connectivity index (χ1v) is 5.15. The lowest BCUT2D eigenvalue weighted by Gasteiger charge is -2.57. The van der Waals surface area contributed by atoms with Gasteiger partial charge in [-0.1, -0.05) is 0 Å². The van der Waals surface area contributed by atoms with Crippen molar-refractivity contribution in [2.24, 2.45) is 23.5 Å². The molecule has 4 fully saturated rings. The van der Waals surface area contributed by atoms with Crippen LogP contribution in [-0.2, 0) is 0 Å². The van der Waals surface area contributed by atoms with Crippen LogP contribution in [0.1, 0.15) is 32.1 Å². The zero-order valence-corrected chi connectivity index (χ0v) is 7.37. The topological polar surface area (TPSA) is 46.2 Å². The molecule has 5 atom stereocenters. The van der Waals surface area contributed by atoms with Gasteiger partial charge in [0.1, 0.15) is 0 Å². The van der Waals surface area contributed by atoms with E-state index in [0.717, 1.165) is 24.7 Å². The van der Waals surface area contributed by atoms with Crippen LogP contribution in [0.3, 0.4) is 0 Å². The molecule has 4 bridgehead atoms. The third kappa shape index (κ3) is 0.775. The highest BCUT2D eigenvalue weighted by Gasteiger charge is 2.54. The Balaban J connectivity index is 1.97. The Bertz CT molecular complexity index is 202. The summed E-state index contributed by atoms with van der Waals surface area (Å²) in [4.78, 5) is 0. The van der Waals surface area contributed by atoms with Crippen molar-refractivity contribution in [3.8, 4) is 0 Å². The molecule has 0 spiro atoms. The lowest BCUT2D eigenvalue weighted by molar-refractivity contribution is -0.139. The van der Waals surface area contributed by atoms with E-state index in [-0.39, 0.29) is 6.04 Å². The van der Waals surface area contributed by atoms with Gasteiger partial charge in [-0.25, -0.2) is 0 Å². The number of nitrogens with two attached hydrogens (primary N) is 1. The fraction of sp³-hybridized carbons (Fsp3) is 1.00. The second-order valence-electron chi connectivity index (χ2n) is 5.24. The van der Waals surface area contributed by atoms with Gasteiger partial charge in [0.25, 0.3) is 0 Å². The molecule has 4 unspecified atom stereocenters. The zero-order valence-electron chi connectivity index (χ0n) is 7.37. The lowest BCUT2D eigenvalue weighted by Crippen LogP contribution is -2.63. The van der Waals surface area contributed by atoms with Crippen molar-refractivity contribution in [3.63, 3.8) is 0 Å². The lowest BCUT2D eigenvalue weighted by atomic mass is 9.52. The Morgan fingerprint density at radius 3 is 2.17 bits per heavy atom. The minimum atomic E-state index is -0.464. The average molecular weight is 167 g/mol. The molecule has 2 heteroatoms. The van der Waals surface area contributed by atoms with Crippen molar-refractivity contribution >= 4 is 0 Å². The van der Waals surface area contributed by atoms with Gasteiger partial charge in [0.15, 0.2) is 0 Å². The summed E-state index contributed by atoms with van der Waals surface area (Å²) < 4.78 is 0. The molecule has 3 N–H and O–H groups in total.